The van der Waals surface area contributed by atoms with E-state index in [9.17, 15) is 14.4 Å². The average molecular weight is 445 g/mol. The first-order valence-electron chi connectivity index (χ1n) is 8.79. The molecule has 0 radical (unpaired) electrons. The number of aromatic nitrogens is 2. The molecule has 2 aromatic heterocycles. The topological polar surface area (TPSA) is 92.3 Å². The Morgan fingerprint density at radius 3 is 2.79 bits per heavy atom. The number of thioether (sulfide) groups is 2. The van der Waals surface area contributed by atoms with Gasteiger partial charge in [0, 0.05) is 18.5 Å². The van der Waals surface area contributed by atoms with Gasteiger partial charge in [-0.1, -0.05) is 47.8 Å². The molecule has 148 valence electrons. The lowest BCUT2D eigenvalue weighted by atomic mass is 10.2. The van der Waals surface area contributed by atoms with Crippen LogP contribution in [0.5, 0.6) is 0 Å². The molecule has 0 aliphatic carbocycles. The minimum Gasteiger partial charge on any atom is -0.354 e. The molecule has 0 saturated carbocycles. The molecule has 0 bridgehead atoms. The molecule has 0 atom stereocenters. The highest BCUT2D eigenvalue weighted by Gasteiger charge is 2.29. The number of para-hydroxylation sites is 1. The molecule has 1 aliphatic heterocycles. The van der Waals surface area contributed by atoms with Gasteiger partial charge in [-0.3, -0.25) is 19.3 Å². The number of carbonyl (C=O) groups is 3. The largest absolute Gasteiger partial charge is 0.354 e. The number of imide groups is 1. The molecule has 1 aliphatic rings. The molecule has 1 N–H and O–H groups in total. The summed E-state index contributed by atoms with van der Waals surface area (Å²) in [5.41, 5.74) is 0.831. The van der Waals surface area contributed by atoms with Crippen LogP contribution in [-0.4, -0.2) is 56.5 Å². The number of carbonyl (C=O) groups excluding carboxylic acids is 3. The number of nitrogens with zero attached hydrogens (tertiary/aromatic N) is 3. The molecule has 3 amide bonds. The van der Waals surface area contributed by atoms with Gasteiger partial charge in [0.15, 0.2) is 5.82 Å². The SMILES string of the molecule is O=C(CSc1nc(-c2cccs2)nc2ccccc12)NCCN1C(=O)CSC1=O. The Labute approximate surface area is 179 Å². The summed E-state index contributed by atoms with van der Waals surface area (Å²) >= 11 is 3.90. The summed E-state index contributed by atoms with van der Waals surface area (Å²) in [6, 6.07) is 11.6. The van der Waals surface area contributed by atoms with Crippen LogP contribution >= 0.6 is 34.9 Å². The highest BCUT2D eigenvalue weighted by atomic mass is 32.2. The minimum absolute atomic E-state index is 0.177. The number of benzene rings is 1. The summed E-state index contributed by atoms with van der Waals surface area (Å²) in [6.07, 6.45) is 0. The summed E-state index contributed by atoms with van der Waals surface area (Å²) in [5.74, 6) is 0.613. The van der Waals surface area contributed by atoms with Gasteiger partial charge in [-0.25, -0.2) is 9.97 Å². The maximum Gasteiger partial charge on any atom is 0.288 e. The highest BCUT2D eigenvalue weighted by molar-refractivity contribution is 8.14. The summed E-state index contributed by atoms with van der Waals surface area (Å²) in [6.45, 7) is 0.433. The zero-order valence-corrected chi connectivity index (χ0v) is 17.6. The second kappa shape index (κ2) is 8.93. The van der Waals surface area contributed by atoms with Crippen LogP contribution in [0, 0.1) is 0 Å². The van der Waals surface area contributed by atoms with Gasteiger partial charge in [0.2, 0.25) is 11.8 Å². The van der Waals surface area contributed by atoms with Crippen molar-refractivity contribution in [2.45, 2.75) is 5.03 Å². The van der Waals surface area contributed by atoms with Crippen LogP contribution in [0.4, 0.5) is 4.79 Å². The van der Waals surface area contributed by atoms with E-state index in [1.165, 1.54) is 16.7 Å². The third-order valence-electron chi connectivity index (χ3n) is 4.15. The number of amides is 3. The number of nitrogens with one attached hydrogen (secondary N) is 1. The van der Waals surface area contributed by atoms with E-state index in [4.69, 9.17) is 0 Å². The van der Waals surface area contributed by atoms with E-state index in [0.29, 0.717) is 5.82 Å². The molecule has 3 heterocycles. The van der Waals surface area contributed by atoms with E-state index in [2.05, 4.69) is 15.3 Å². The van der Waals surface area contributed by atoms with Crippen LogP contribution in [0.25, 0.3) is 21.6 Å². The van der Waals surface area contributed by atoms with Crippen LogP contribution in [0.1, 0.15) is 0 Å². The van der Waals surface area contributed by atoms with Crippen molar-refractivity contribution in [2.75, 3.05) is 24.6 Å². The number of hydrogen-bond acceptors (Lipinski definition) is 8. The van der Waals surface area contributed by atoms with Crippen LogP contribution in [0.15, 0.2) is 46.8 Å². The molecule has 10 heteroatoms. The molecule has 1 saturated heterocycles. The molecule has 1 aromatic carbocycles. The van der Waals surface area contributed by atoms with Crippen molar-refractivity contribution in [2.24, 2.45) is 0 Å². The standard InChI is InChI=1S/C19H16N4O3S3/c24-15(20-7-8-23-16(25)11-29-19(23)26)10-28-18-12-4-1-2-5-13(12)21-17(22-18)14-6-3-9-27-14/h1-6,9H,7-8,10-11H2,(H,20,24). The quantitative estimate of drug-likeness (QED) is 0.442. The Hall–Kier alpha value is -2.43. The Bertz CT molecular complexity index is 1060. The van der Waals surface area contributed by atoms with Crippen LogP contribution in [-0.2, 0) is 9.59 Å². The Morgan fingerprint density at radius 2 is 2.03 bits per heavy atom. The van der Waals surface area contributed by atoms with Crippen molar-refractivity contribution < 1.29 is 14.4 Å². The second-order valence-corrected chi connectivity index (χ2v) is 8.92. The van der Waals surface area contributed by atoms with E-state index >= 15 is 0 Å². The molecule has 0 spiro atoms. The highest BCUT2D eigenvalue weighted by Crippen LogP contribution is 2.29. The first-order chi connectivity index (χ1) is 14.1. The molecular weight excluding hydrogens is 428 g/mol. The smallest absolute Gasteiger partial charge is 0.288 e. The molecule has 7 nitrogen and oxygen atoms in total. The molecular formula is C19H16N4O3S3. The van der Waals surface area contributed by atoms with E-state index < -0.39 is 0 Å². The second-order valence-electron chi connectivity index (χ2n) is 6.09. The lowest BCUT2D eigenvalue weighted by molar-refractivity contribution is -0.125. The summed E-state index contributed by atoms with van der Waals surface area (Å²) in [4.78, 5) is 46.8. The first kappa shape index (κ1) is 19.9. The lowest BCUT2D eigenvalue weighted by Gasteiger charge is -2.13. The zero-order chi connectivity index (χ0) is 20.2. The Kier molecular flexibility index (Phi) is 6.12. The van der Waals surface area contributed by atoms with E-state index in [1.807, 2.05) is 41.8 Å². The van der Waals surface area contributed by atoms with Crippen molar-refractivity contribution in [3.63, 3.8) is 0 Å². The van der Waals surface area contributed by atoms with Gasteiger partial charge in [0.25, 0.3) is 5.24 Å². The van der Waals surface area contributed by atoms with Crippen LogP contribution < -0.4 is 5.32 Å². The third-order valence-corrected chi connectivity index (χ3v) is 6.86. The summed E-state index contributed by atoms with van der Waals surface area (Å²) in [5, 5.41) is 6.12. The van der Waals surface area contributed by atoms with Gasteiger partial charge in [0.05, 0.1) is 21.9 Å². The molecule has 4 rings (SSSR count). The monoisotopic (exact) mass is 444 g/mol. The zero-order valence-electron chi connectivity index (χ0n) is 15.2. The maximum atomic E-state index is 12.2. The van der Waals surface area contributed by atoms with E-state index in [-0.39, 0.29) is 41.6 Å². The Morgan fingerprint density at radius 1 is 1.17 bits per heavy atom. The fourth-order valence-corrected chi connectivity index (χ4v) is 5.02. The first-order valence-corrected chi connectivity index (χ1v) is 11.6. The average Bonchev–Trinajstić information content (AvgIpc) is 3.37. The van der Waals surface area contributed by atoms with Gasteiger partial charge in [-0.05, 0) is 17.5 Å². The number of rotatable bonds is 7. The van der Waals surface area contributed by atoms with Crippen molar-refractivity contribution in [3.05, 3.63) is 41.8 Å². The molecule has 0 unspecified atom stereocenters. The number of fused-ring (bicyclic) bond motifs is 1. The van der Waals surface area contributed by atoms with Gasteiger partial charge in [0.1, 0.15) is 5.03 Å². The van der Waals surface area contributed by atoms with Crippen molar-refractivity contribution >= 4 is 62.8 Å². The molecule has 29 heavy (non-hydrogen) atoms. The fraction of sp³-hybridized carbons (Fsp3) is 0.211. The molecule has 3 aromatic rings. The van der Waals surface area contributed by atoms with Crippen molar-refractivity contribution in [3.8, 4) is 10.7 Å². The summed E-state index contributed by atoms with van der Waals surface area (Å²) < 4.78 is 0. The number of hydrogen-bond donors (Lipinski definition) is 1. The third kappa shape index (κ3) is 4.60. The number of thiophene rings is 1. The van der Waals surface area contributed by atoms with Gasteiger partial charge in [-0.2, -0.15) is 0 Å². The lowest BCUT2D eigenvalue weighted by Crippen LogP contribution is -2.38. The van der Waals surface area contributed by atoms with Gasteiger partial charge in [-0.15, -0.1) is 11.3 Å². The summed E-state index contributed by atoms with van der Waals surface area (Å²) in [7, 11) is 0. The predicted molar refractivity (Wildman–Crippen MR) is 116 cm³/mol. The fourth-order valence-electron chi connectivity index (χ4n) is 2.76. The van der Waals surface area contributed by atoms with Crippen molar-refractivity contribution in [1.82, 2.24) is 20.2 Å². The van der Waals surface area contributed by atoms with Gasteiger partial charge >= 0.3 is 0 Å². The van der Waals surface area contributed by atoms with Crippen molar-refractivity contribution in [1.29, 1.82) is 0 Å². The predicted octanol–water partition coefficient (Wildman–Crippen LogP) is 3.26. The normalized spacial score (nSPS) is 14.0. The van der Waals surface area contributed by atoms with Crippen LogP contribution in [0.2, 0.25) is 0 Å². The van der Waals surface area contributed by atoms with E-state index in [1.54, 1.807) is 11.3 Å². The maximum absolute atomic E-state index is 12.2. The van der Waals surface area contributed by atoms with Gasteiger partial charge < -0.3 is 5.32 Å². The molecule has 1 fully saturated rings. The minimum atomic E-state index is -0.257. The van der Waals surface area contributed by atoms with Crippen LogP contribution in [0.3, 0.4) is 0 Å². The Balaban J connectivity index is 1.40. The van der Waals surface area contributed by atoms with E-state index in [0.717, 1.165) is 32.6 Å².